The molecule has 0 atom stereocenters. The van der Waals surface area contributed by atoms with Crippen molar-refractivity contribution in [2.24, 2.45) is 23.2 Å². The van der Waals surface area contributed by atoms with Crippen molar-refractivity contribution in [2.75, 3.05) is 13.2 Å². The van der Waals surface area contributed by atoms with Crippen molar-refractivity contribution in [3.05, 3.63) is 34.3 Å². The lowest BCUT2D eigenvalue weighted by Crippen LogP contribution is -2.51. The SMILES string of the molecule is O=C(NCC12CC3CC(CC(C3)C1)C2)c1cc(CCCCCCO)ccc1Cl. The molecule has 4 bridgehead atoms. The van der Waals surface area contributed by atoms with Gasteiger partial charge in [-0.1, -0.05) is 30.5 Å². The summed E-state index contributed by atoms with van der Waals surface area (Å²) in [5.74, 6) is 2.70. The van der Waals surface area contributed by atoms with Crippen molar-refractivity contribution in [1.82, 2.24) is 5.32 Å². The summed E-state index contributed by atoms with van der Waals surface area (Å²) in [5, 5.41) is 12.7. The van der Waals surface area contributed by atoms with E-state index in [4.69, 9.17) is 16.7 Å². The Morgan fingerprint density at radius 1 is 1.04 bits per heavy atom. The summed E-state index contributed by atoms with van der Waals surface area (Å²) in [7, 11) is 0. The van der Waals surface area contributed by atoms with Gasteiger partial charge in [-0.2, -0.15) is 0 Å². The summed E-state index contributed by atoms with van der Waals surface area (Å²) in [5.41, 5.74) is 2.15. The number of aliphatic hydroxyl groups is 1. The molecule has 0 aliphatic heterocycles. The van der Waals surface area contributed by atoms with Crippen LogP contribution in [0, 0.1) is 23.2 Å². The van der Waals surface area contributed by atoms with Gasteiger partial charge >= 0.3 is 0 Å². The van der Waals surface area contributed by atoms with Crippen molar-refractivity contribution in [1.29, 1.82) is 0 Å². The van der Waals surface area contributed by atoms with Crippen molar-refractivity contribution >= 4 is 17.5 Å². The van der Waals surface area contributed by atoms with E-state index in [9.17, 15) is 4.79 Å². The highest BCUT2D eigenvalue weighted by atomic mass is 35.5. The molecule has 0 radical (unpaired) electrons. The number of carbonyl (C=O) groups excluding carboxylic acids is 1. The predicted octanol–water partition coefficient (Wildman–Crippen LogP) is 5.38. The van der Waals surface area contributed by atoms with E-state index in [2.05, 4.69) is 5.32 Å². The average molecular weight is 404 g/mol. The molecule has 1 aromatic rings. The molecule has 0 aromatic heterocycles. The third-order valence-electron chi connectivity index (χ3n) is 7.44. The minimum absolute atomic E-state index is 0.0112. The molecule has 4 aliphatic carbocycles. The fraction of sp³-hybridized carbons (Fsp3) is 0.708. The Morgan fingerprint density at radius 2 is 1.68 bits per heavy atom. The first-order valence-electron chi connectivity index (χ1n) is 11.2. The molecule has 1 amide bonds. The third kappa shape index (κ3) is 4.57. The van der Waals surface area contributed by atoms with E-state index in [-0.39, 0.29) is 12.5 Å². The van der Waals surface area contributed by atoms with Crippen molar-refractivity contribution in [3.63, 3.8) is 0 Å². The molecule has 28 heavy (non-hydrogen) atoms. The predicted molar refractivity (Wildman–Crippen MR) is 114 cm³/mol. The van der Waals surface area contributed by atoms with Crippen LogP contribution in [-0.4, -0.2) is 24.2 Å². The van der Waals surface area contributed by atoms with Gasteiger partial charge in [0.25, 0.3) is 5.91 Å². The van der Waals surface area contributed by atoms with Gasteiger partial charge in [-0.3, -0.25) is 4.79 Å². The summed E-state index contributed by atoms with van der Waals surface area (Å²) in [4.78, 5) is 12.9. The van der Waals surface area contributed by atoms with E-state index >= 15 is 0 Å². The summed E-state index contributed by atoms with van der Waals surface area (Å²) in [6.45, 7) is 1.09. The Hall–Kier alpha value is -1.06. The Labute approximate surface area is 174 Å². The van der Waals surface area contributed by atoms with Crippen LogP contribution in [0.15, 0.2) is 18.2 Å². The zero-order chi connectivity index (χ0) is 19.6. The number of unbranched alkanes of at least 4 members (excludes halogenated alkanes) is 3. The van der Waals surface area contributed by atoms with E-state index in [0.717, 1.165) is 56.4 Å². The van der Waals surface area contributed by atoms with Gasteiger partial charge in [0.2, 0.25) is 0 Å². The number of hydrogen-bond acceptors (Lipinski definition) is 2. The van der Waals surface area contributed by atoms with Gasteiger partial charge in [0, 0.05) is 13.2 Å². The van der Waals surface area contributed by atoms with Crippen LogP contribution in [0.2, 0.25) is 5.02 Å². The van der Waals surface area contributed by atoms with Crippen LogP contribution in [0.5, 0.6) is 0 Å². The first kappa shape index (κ1) is 20.2. The average Bonchev–Trinajstić information content (AvgIpc) is 2.66. The van der Waals surface area contributed by atoms with Crippen molar-refractivity contribution in [2.45, 2.75) is 70.6 Å². The van der Waals surface area contributed by atoms with Gasteiger partial charge in [-0.05, 0) is 98.7 Å². The van der Waals surface area contributed by atoms with Gasteiger partial charge in [-0.25, -0.2) is 0 Å². The number of aryl methyl sites for hydroxylation is 1. The molecule has 5 rings (SSSR count). The van der Waals surface area contributed by atoms with Crippen molar-refractivity contribution < 1.29 is 9.90 Å². The molecule has 0 heterocycles. The number of aliphatic hydroxyl groups excluding tert-OH is 1. The maximum absolute atomic E-state index is 12.9. The maximum Gasteiger partial charge on any atom is 0.252 e. The fourth-order valence-electron chi connectivity index (χ4n) is 6.57. The highest BCUT2D eigenvalue weighted by Crippen LogP contribution is 2.59. The molecule has 0 unspecified atom stereocenters. The fourth-order valence-corrected chi connectivity index (χ4v) is 6.77. The second kappa shape index (κ2) is 8.75. The van der Waals surface area contributed by atoms with E-state index in [0.29, 0.717) is 16.0 Å². The number of halogens is 1. The number of carbonyl (C=O) groups is 1. The second-order valence-electron chi connectivity index (χ2n) is 9.80. The van der Waals surface area contributed by atoms with Crippen LogP contribution in [0.25, 0.3) is 0 Å². The Morgan fingerprint density at radius 3 is 2.32 bits per heavy atom. The number of amides is 1. The first-order valence-corrected chi connectivity index (χ1v) is 11.6. The van der Waals surface area contributed by atoms with Crippen LogP contribution < -0.4 is 5.32 Å². The second-order valence-corrected chi connectivity index (χ2v) is 10.2. The molecule has 0 spiro atoms. The van der Waals surface area contributed by atoms with Gasteiger partial charge in [0.05, 0.1) is 10.6 Å². The largest absolute Gasteiger partial charge is 0.396 e. The normalized spacial score (nSPS) is 30.6. The lowest BCUT2D eigenvalue weighted by Gasteiger charge is -2.56. The molecular formula is C24H34ClNO2. The molecule has 3 nitrogen and oxygen atoms in total. The van der Waals surface area contributed by atoms with Gasteiger partial charge in [0.1, 0.15) is 0 Å². The minimum atomic E-state index is -0.0112. The van der Waals surface area contributed by atoms with Crippen LogP contribution in [-0.2, 0) is 6.42 Å². The number of hydrogen-bond donors (Lipinski definition) is 2. The minimum Gasteiger partial charge on any atom is -0.396 e. The molecule has 4 heteroatoms. The van der Waals surface area contributed by atoms with Gasteiger partial charge < -0.3 is 10.4 Å². The zero-order valence-corrected chi connectivity index (χ0v) is 17.6. The van der Waals surface area contributed by atoms with Crippen molar-refractivity contribution in [3.8, 4) is 0 Å². The van der Waals surface area contributed by atoms with E-state index in [1.807, 2.05) is 18.2 Å². The number of rotatable bonds is 9. The molecule has 4 saturated carbocycles. The summed E-state index contributed by atoms with van der Waals surface area (Å²) in [6, 6.07) is 5.87. The van der Waals surface area contributed by atoms with Crippen LogP contribution in [0.1, 0.15) is 80.1 Å². The third-order valence-corrected chi connectivity index (χ3v) is 7.77. The number of benzene rings is 1. The highest BCUT2D eigenvalue weighted by Gasteiger charge is 2.50. The monoisotopic (exact) mass is 403 g/mol. The van der Waals surface area contributed by atoms with Crippen LogP contribution >= 0.6 is 11.6 Å². The Bertz CT molecular complexity index is 667. The van der Waals surface area contributed by atoms with E-state index in [1.165, 1.54) is 44.1 Å². The molecule has 4 aliphatic rings. The van der Waals surface area contributed by atoms with Gasteiger partial charge in [-0.15, -0.1) is 0 Å². The Kier molecular flexibility index (Phi) is 6.32. The van der Waals surface area contributed by atoms with Gasteiger partial charge in [0.15, 0.2) is 0 Å². The number of nitrogens with one attached hydrogen (secondary N) is 1. The maximum atomic E-state index is 12.9. The highest BCUT2D eigenvalue weighted by molar-refractivity contribution is 6.33. The topological polar surface area (TPSA) is 49.3 Å². The standard InChI is InChI=1S/C24H34ClNO2/c25-22-7-6-17(5-3-1-2-4-8-27)12-21(22)23(28)26-16-24-13-18-9-19(14-24)11-20(10-18)15-24/h6-7,12,18-20,27H,1-5,8-11,13-16H2,(H,26,28). The lowest BCUT2D eigenvalue weighted by molar-refractivity contribution is -0.0503. The molecule has 154 valence electrons. The molecule has 4 fully saturated rings. The summed E-state index contributed by atoms with van der Waals surface area (Å²) >= 11 is 6.36. The smallest absolute Gasteiger partial charge is 0.252 e. The van der Waals surface area contributed by atoms with E-state index in [1.54, 1.807) is 0 Å². The molecular weight excluding hydrogens is 370 g/mol. The Balaban J connectivity index is 1.33. The van der Waals surface area contributed by atoms with Crippen LogP contribution in [0.3, 0.4) is 0 Å². The molecule has 1 aromatic carbocycles. The first-order chi connectivity index (χ1) is 13.6. The van der Waals surface area contributed by atoms with E-state index < -0.39 is 0 Å². The molecule has 2 N–H and O–H groups in total. The lowest BCUT2D eigenvalue weighted by atomic mass is 9.49. The zero-order valence-electron chi connectivity index (χ0n) is 16.9. The quantitative estimate of drug-likeness (QED) is 0.543. The van der Waals surface area contributed by atoms with Crippen LogP contribution in [0.4, 0.5) is 0 Å². The summed E-state index contributed by atoms with van der Waals surface area (Å²) < 4.78 is 0. The summed E-state index contributed by atoms with van der Waals surface area (Å²) in [6.07, 6.45) is 13.3. The molecule has 0 saturated heterocycles.